The number of nitrogens with one attached hydrogen (secondary N) is 1. The standard InChI is InChI=1S/C19H16BrCl2N3O2S/c1-2-25-18(27)16(10-17(26)23-12-5-3-11(20)4-6-12)28-19(25)24-13-7-8-14(21)15(22)9-13/h3-9,16H,2,10H2,1H3,(H,23,26)/t16-/m0/s1. The fraction of sp³-hybridized carbons (Fsp3) is 0.211. The van der Waals surface area contributed by atoms with Gasteiger partial charge in [0.15, 0.2) is 5.17 Å². The first-order valence-corrected chi connectivity index (χ1v) is 10.9. The summed E-state index contributed by atoms with van der Waals surface area (Å²) in [5.41, 5.74) is 1.28. The molecule has 3 rings (SSSR count). The highest BCUT2D eigenvalue weighted by molar-refractivity contribution is 9.10. The number of aliphatic imine (C=N–C) groups is 1. The van der Waals surface area contributed by atoms with Gasteiger partial charge in [0.25, 0.3) is 0 Å². The van der Waals surface area contributed by atoms with Gasteiger partial charge in [0.05, 0.1) is 15.7 Å². The minimum absolute atomic E-state index is 0.0659. The normalized spacial score (nSPS) is 18.0. The number of carbonyl (C=O) groups is 2. The SMILES string of the molecule is CCN1C(=O)[C@H](CC(=O)Nc2ccc(Br)cc2)SC1=Nc1ccc(Cl)c(Cl)c1. The summed E-state index contributed by atoms with van der Waals surface area (Å²) in [4.78, 5) is 31.1. The number of hydrogen-bond acceptors (Lipinski definition) is 4. The Kier molecular flexibility index (Phi) is 7.04. The molecule has 2 aromatic rings. The molecular weight excluding hydrogens is 485 g/mol. The highest BCUT2D eigenvalue weighted by Gasteiger charge is 2.38. The molecule has 1 aliphatic rings. The smallest absolute Gasteiger partial charge is 0.242 e. The summed E-state index contributed by atoms with van der Waals surface area (Å²) in [6.07, 6.45) is 0.0659. The molecule has 0 spiro atoms. The summed E-state index contributed by atoms with van der Waals surface area (Å²) in [5, 5.41) is 3.68. The molecule has 9 heteroatoms. The van der Waals surface area contributed by atoms with Crippen molar-refractivity contribution in [3.8, 4) is 0 Å². The van der Waals surface area contributed by atoms with Crippen LogP contribution in [0.5, 0.6) is 0 Å². The summed E-state index contributed by atoms with van der Waals surface area (Å²) in [5.74, 6) is -0.350. The number of anilines is 1. The van der Waals surface area contributed by atoms with Crippen molar-refractivity contribution in [2.45, 2.75) is 18.6 Å². The van der Waals surface area contributed by atoms with Crippen LogP contribution in [0.15, 0.2) is 51.9 Å². The van der Waals surface area contributed by atoms with Crippen molar-refractivity contribution in [3.63, 3.8) is 0 Å². The first kappa shape index (κ1) is 21.2. The van der Waals surface area contributed by atoms with E-state index in [0.29, 0.717) is 33.1 Å². The molecule has 0 unspecified atom stereocenters. The highest BCUT2D eigenvalue weighted by Crippen LogP contribution is 2.33. The minimum atomic E-state index is -0.517. The van der Waals surface area contributed by atoms with Gasteiger partial charge in [-0.15, -0.1) is 0 Å². The lowest BCUT2D eigenvalue weighted by atomic mass is 10.2. The van der Waals surface area contributed by atoms with E-state index >= 15 is 0 Å². The van der Waals surface area contributed by atoms with Crippen molar-refractivity contribution in [1.82, 2.24) is 4.90 Å². The molecule has 2 amide bonds. The molecule has 1 fully saturated rings. The Bertz CT molecular complexity index is 937. The molecule has 2 aromatic carbocycles. The van der Waals surface area contributed by atoms with Crippen molar-refractivity contribution in [3.05, 3.63) is 57.0 Å². The van der Waals surface area contributed by atoms with E-state index in [9.17, 15) is 9.59 Å². The van der Waals surface area contributed by atoms with Gasteiger partial charge in [-0.1, -0.05) is 50.9 Å². The Morgan fingerprint density at radius 3 is 2.57 bits per heavy atom. The van der Waals surface area contributed by atoms with Crippen LogP contribution in [0, 0.1) is 0 Å². The molecule has 0 aliphatic carbocycles. The molecule has 5 nitrogen and oxygen atoms in total. The number of nitrogens with zero attached hydrogens (tertiary/aromatic N) is 2. The second-order valence-corrected chi connectivity index (χ2v) is 8.84. The van der Waals surface area contributed by atoms with Crippen molar-refractivity contribution in [2.75, 3.05) is 11.9 Å². The van der Waals surface area contributed by atoms with Gasteiger partial charge in [-0.2, -0.15) is 0 Å². The number of rotatable bonds is 5. The van der Waals surface area contributed by atoms with E-state index in [1.807, 2.05) is 19.1 Å². The lowest BCUT2D eigenvalue weighted by molar-refractivity contribution is -0.128. The van der Waals surface area contributed by atoms with Crippen molar-refractivity contribution < 1.29 is 9.59 Å². The van der Waals surface area contributed by atoms with E-state index in [2.05, 4.69) is 26.2 Å². The number of amidine groups is 1. The highest BCUT2D eigenvalue weighted by atomic mass is 79.9. The van der Waals surface area contributed by atoms with Crippen LogP contribution in [0.25, 0.3) is 0 Å². The first-order chi connectivity index (χ1) is 13.4. The monoisotopic (exact) mass is 499 g/mol. The van der Waals surface area contributed by atoms with Crippen LogP contribution in [0.2, 0.25) is 10.0 Å². The Labute approximate surface area is 185 Å². The molecular formula is C19H16BrCl2N3O2S. The van der Waals surface area contributed by atoms with Crippen LogP contribution in [0.1, 0.15) is 13.3 Å². The lowest BCUT2D eigenvalue weighted by Crippen LogP contribution is -2.33. The number of benzene rings is 2. The molecule has 146 valence electrons. The average Bonchev–Trinajstić information content (AvgIpc) is 2.94. The molecule has 28 heavy (non-hydrogen) atoms. The van der Waals surface area contributed by atoms with Crippen LogP contribution in [-0.4, -0.2) is 33.7 Å². The van der Waals surface area contributed by atoms with Gasteiger partial charge in [-0.3, -0.25) is 14.5 Å². The Morgan fingerprint density at radius 2 is 1.93 bits per heavy atom. The van der Waals surface area contributed by atoms with Crippen LogP contribution in [0.3, 0.4) is 0 Å². The Balaban J connectivity index is 1.71. The molecule has 1 heterocycles. The van der Waals surface area contributed by atoms with Gasteiger partial charge in [0.1, 0.15) is 5.25 Å². The van der Waals surface area contributed by atoms with Gasteiger partial charge in [0, 0.05) is 23.1 Å². The summed E-state index contributed by atoms with van der Waals surface area (Å²) >= 11 is 16.6. The molecule has 1 atom stereocenters. The summed E-state index contributed by atoms with van der Waals surface area (Å²) in [6, 6.07) is 12.3. The van der Waals surface area contributed by atoms with Gasteiger partial charge < -0.3 is 5.32 Å². The van der Waals surface area contributed by atoms with E-state index in [0.717, 1.165) is 4.47 Å². The number of hydrogen-bond donors (Lipinski definition) is 1. The maximum absolute atomic E-state index is 12.7. The van der Waals surface area contributed by atoms with Gasteiger partial charge >= 0.3 is 0 Å². The fourth-order valence-corrected chi connectivity index (χ4v) is 4.37. The largest absolute Gasteiger partial charge is 0.326 e. The summed E-state index contributed by atoms with van der Waals surface area (Å²) in [7, 11) is 0. The molecule has 1 N–H and O–H groups in total. The Hall–Kier alpha value is -1.54. The third-order valence-corrected chi connectivity index (χ3v) is 6.41. The van der Waals surface area contributed by atoms with Crippen molar-refractivity contribution in [2.24, 2.45) is 4.99 Å². The number of amides is 2. The predicted molar refractivity (Wildman–Crippen MR) is 120 cm³/mol. The number of thioether (sulfide) groups is 1. The number of halogens is 3. The van der Waals surface area contributed by atoms with E-state index in [4.69, 9.17) is 23.2 Å². The topological polar surface area (TPSA) is 61.8 Å². The van der Waals surface area contributed by atoms with Crippen molar-refractivity contribution in [1.29, 1.82) is 0 Å². The number of carbonyl (C=O) groups excluding carboxylic acids is 2. The van der Waals surface area contributed by atoms with Crippen LogP contribution < -0.4 is 5.32 Å². The second kappa shape index (κ2) is 9.31. The fourth-order valence-electron chi connectivity index (χ4n) is 2.59. The quantitative estimate of drug-likeness (QED) is 0.569. The van der Waals surface area contributed by atoms with Crippen LogP contribution in [0.4, 0.5) is 11.4 Å². The van der Waals surface area contributed by atoms with E-state index in [1.165, 1.54) is 11.8 Å². The molecule has 0 bridgehead atoms. The maximum Gasteiger partial charge on any atom is 0.242 e. The van der Waals surface area contributed by atoms with Gasteiger partial charge in [-0.25, -0.2) is 4.99 Å². The first-order valence-electron chi connectivity index (χ1n) is 8.44. The molecule has 0 saturated carbocycles. The zero-order valence-electron chi connectivity index (χ0n) is 14.8. The maximum atomic E-state index is 12.7. The third kappa shape index (κ3) is 5.08. The van der Waals surface area contributed by atoms with Crippen LogP contribution >= 0.6 is 50.9 Å². The van der Waals surface area contributed by atoms with E-state index in [1.54, 1.807) is 35.2 Å². The molecule has 1 aliphatic heterocycles. The zero-order chi connectivity index (χ0) is 20.3. The molecule has 0 aromatic heterocycles. The Morgan fingerprint density at radius 1 is 1.21 bits per heavy atom. The summed E-state index contributed by atoms with van der Waals surface area (Å²) < 4.78 is 0.925. The second-order valence-electron chi connectivity index (χ2n) is 5.94. The summed E-state index contributed by atoms with van der Waals surface area (Å²) in [6.45, 7) is 2.34. The molecule has 0 radical (unpaired) electrons. The zero-order valence-corrected chi connectivity index (χ0v) is 18.7. The van der Waals surface area contributed by atoms with E-state index in [-0.39, 0.29) is 18.2 Å². The minimum Gasteiger partial charge on any atom is -0.326 e. The lowest BCUT2D eigenvalue weighted by Gasteiger charge is -2.13. The van der Waals surface area contributed by atoms with Gasteiger partial charge in [0.2, 0.25) is 11.8 Å². The van der Waals surface area contributed by atoms with E-state index < -0.39 is 5.25 Å². The average molecular weight is 501 g/mol. The van der Waals surface area contributed by atoms with Gasteiger partial charge in [-0.05, 0) is 49.4 Å². The van der Waals surface area contributed by atoms with Crippen LogP contribution in [-0.2, 0) is 9.59 Å². The third-order valence-electron chi connectivity index (χ3n) is 3.96. The predicted octanol–water partition coefficient (Wildman–Crippen LogP) is 5.74. The van der Waals surface area contributed by atoms with Crippen molar-refractivity contribution >= 4 is 79.3 Å². The molecule has 1 saturated heterocycles.